The van der Waals surface area contributed by atoms with Crippen LogP contribution in [0.1, 0.15) is 164 Å². The third kappa shape index (κ3) is 22.0. The monoisotopic (exact) mass is 620 g/mol. The molecule has 0 aliphatic carbocycles. The van der Waals surface area contributed by atoms with Gasteiger partial charge in [0, 0.05) is 5.25 Å². The molecule has 0 aliphatic heterocycles. The molecule has 0 aromatic carbocycles. The highest BCUT2D eigenvalue weighted by Gasteiger charge is 2.47. The average Bonchev–Trinajstić information content (AvgIpc) is 2.95. The zero-order valence-electron chi connectivity index (χ0n) is 27.8. The second-order valence-corrected chi connectivity index (χ2v) is 14.8. The van der Waals surface area contributed by atoms with E-state index in [4.69, 9.17) is 19.2 Å². The van der Waals surface area contributed by atoms with E-state index in [-0.39, 0.29) is 30.0 Å². The fourth-order valence-electron chi connectivity index (χ4n) is 4.42. The van der Waals surface area contributed by atoms with Crippen LogP contribution >= 0.6 is 20.2 Å². The van der Waals surface area contributed by atoms with E-state index in [2.05, 4.69) is 13.8 Å². The van der Waals surface area contributed by atoms with E-state index in [1.807, 2.05) is 46.4 Å². The van der Waals surface area contributed by atoms with E-state index in [1.165, 1.54) is 96.3 Å². The van der Waals surface area contributed by atoms with Gasteiger partial charge in [-0.1, -0.05) is 138 Å². The predicted molar refractivity (Wildman–Crippen MR) is 175 cm³/mol. The van der Waals surface area contributed by atoms with Crippen LogP contribution in [0.3, 0.4) is 0 Å². The summed E-state index contributed by atoms with van der Waals surface area (Å²) in [6.45, 7) is 14.6. The number of thioether (sulfide) groups is 1. The number of carbonyl (C=O) groups is 1. The largest absolute Gasteiger partial charge is 0.460 e. The third-order valence-electron chi connectivity index (χ3n) is 7.02. The summed E-state index contributed by atoms with van der Waals surface area (Å²) >= 11 is 1.93. The van der Waals surface area contributed by atoms with Gasteiger partial charge in [0.2, 0.25) is 8.46 Å². The SMILES string of the molecule is CCCCCCCCCCCCCSC(CCCCCCC)C(C)OOC(OCCC)(P=O)C(=O)OCC(C)(C)C. The molecule has 3 atom stereocenters. The van der Waals surface area contributed by atoms with Crippen molar-refractivity contribution in [3.05, 3.63) is 0 Å². The normalized spacial score (nSPS) is 15.1. The standard InChI is InChI=1S/C33H65O6PS/c1-8-11-13-15-16-17-18-19-20-22-24-27-41-30(25-23-21-14-12-9-2)29(4)38-39-33(40-35,37-26-10-3)31(34)36-28-32(5,6)7/h29-30H,8-28H2,1-7H3. The molecule has 0 saturated carbocycles. The van der Waals surface area contributed by atoms with Crippen molar-refractivity contribution in [3.63, 3.8) is 0 Å². The van der Waals surface area contributed by atoms with Crippen molar-refractivity contribution in [1.29, 1.82) is 0 Å². The lowest BCUT2D eigenvalue weighted by molar-refractivity contribution is -0.403. The Morgan fingerprint density at radius 2 is 1.27 bits per heavy atom. The average molecular weight is 621 g/mol. The third-order valence-corrected chi connectivity index (χ3v) is 9.22. The van der Waals surface area contributed by atoms with Gasteiger partial charge < -0.3 is 9.47 Å². The molecule has 0 aromatic rings. The molecular weight excluding hydrogens is 555 g/mol. The lowest BCUT2D eigenvalue weighted by atomic mass is 9.99. The van der Waals surface area contributed by atoms with Crippen molar-refractivity contribution in [1.82, 2.24) is 0 Å². The smallest absolute Gasteiger partial charge is 0.382 e. The van der Waals surface area contributed by atoms with Crippen LogP contribution in [0.4, 0.5) is 0 Å². The molecule has 0 radical (unpaired) electrons. The zero-order valence-corrected chi connectivity index (χ0v) is 29.5. The minimum atomic E-state index is -2.11. The maximum Gasteiger partial charge on any atom is 0.382 e. The molecule has 0 aliphatic rings. The van der Waals surface area contributed by atoms with E-state index >= 15 is 0 Å². The summed E-state index contributed by atoms with van der Waals surface area (Å²) in [5.74, 6) is 0.254. The van der Waals surface area contributed by atoms with Crippen LogP contribution in [0.15, 0.2) is 0 Å². The Kier molecular flexibility index (Phi) is 26.1. The molecule has 0 bridgehead atoms. The summed E-state index contributed by atoms with van der Waals surface area (Å²) in [6.07, 6.45) is 22.2. The molecule has 3 unspecified atom stereocenters. The first-order valence-corrected chi connectivity index (χ1v) is 18.6. The van der Waals surface area contributed by atoms with Crippen molar-refractivity contribution in [2.75, 3.05) is 19.0 Å². The van der Waals surface area contributed by atoms with Crippen LogP contribution in [0.25, 0.3) is 0 Å². The van der Waals surface area contributed by atoms with Gasteiger partial charge in [0.15, 0.2) is 0 Å². The molecule has 6 nitrogen and oxygen atoms in total. The Morgan fingerprint density at radius 3 is 1.76 bits per heavy atom. The minimum absolute atomic E-state index is 0.159. The second-order valence-electron chi connectivity index (χ2n) is 12.7. The number of unbranched alkanes of at least 4 members (excludes halogenated alkanes) is 14. The van der Waals surface area contributed by atoms with Gasteiger partial charge in [0.05, 0.1) is 13.2 Å². The summed E-state index contributed by atoms with van der Waals surface area (Å²) in [5, 5.41) is 0.220. The molecule has 0 saturated heterocycles. The lowest BCUT2D eigenvalue weighted by Gasteiger charge is -2.29. The van der Waals surface area contributed by atoms with Crippen molar-refractivity contribution < 1.29 is 28.6 Å². The Hall–Kier alpha value is -0.200. The highest BCUT2D eigenvalue weighted by Crippen LogP contribution is 2.33. The van der Waals surface area contributed by atoms with E-state index < -0.39 is 20.0 Å². The van der Waals surface area contributed by atoms with Gasteiger partial charge in [-0.3, -0.25) is 4.57 Å². The van der Waals surface area contributed by atoms with Gasteiger partial charge in [-0.15, -0.1) is 0 Å². The molecule has 0 spiro atoms. The van der Waals surface area contributed by atoms with Crippen LogP contribution < -0.4 is 0 Å². The summed E-state index contributed by atoms with van der Waals surface area (Å²) < 4.78 is 23.3. The summed E-state index contributed by atoms with van der Waals surface area (Å²) in [6, 6.07) is 0. The van der Waals surface area contributed by atoms with Gasteiger partial charge in [-0.05, 0) is 37.4 Å². The maximum absolute atomic E-state index is 12.9. The van der Waals surface area contributed by atoms with Gasteiger partial charge in [-0.2, -0.15) is 16.6 Å². The van der Waals surface area contributed by atoms with Crippen LogP contribution in [0.2, 0.25) is 0 Å². The fourth-order valence-corrected chi connectivity index (χ4v) is 6.10. The van der Waals surface area contributed by atoms with E-state index in [1.54, 1.807) is 0 Å². The van der Waals surface area contributed by atoms with Crippen LogP contribution in [-0.2, 0) is 28.6 Å². The molecule has 41 heavy (non-hydrogen) atoms. The highest BCUT2D eigenvalue weighted by atomic mass is 32.2. The molecule has 0 heterocycles. The Labute approximate surface area is 259 Å². The van der Waals surface area contributed by atoms with Crippen molar-refractivity contribution in [2.24, 2.45) is 5.41 Å². The van der Waals surface area contributed by atoms with Gasteiger partial charge >= 0.3 is 11.5 Å². The van der Waals surface area contributed by atoms with Crippen molar-refractivity contribution >= 4 is 26.2 Å². The molecule has 244 valence electrons. The molecule has 8 heteroatoms. The van der Waals surface area contributed by atoms with E-state index in [0.29, 0.717) is 6.42 Å². The molecular formula is C33H65O6PS. The second kappa shape index (κ2) is 26.2. The molecule has 0 aromatic heterocycles. The number of ether oxygens (including phenoxy) is 2. The lowest BCUT2D eigenvalue weighted by Crippen LogP contribution is -2.43. The first kappa shape index (κ1) is 40.8. The number of esters is 1. The van der Waals surface area contributed by atoms with E-state index in [9.17, 15) is 9.36 Å². The number of rotatable bonds is 29. The highest BCUT2D eigenvalue weighted by molar-refractivity contribution is 7.99. The molecule has 0 fully saturated rings. The van der Waals surface area contributed by atoms with Crippen LogP contribution in [0.5, 0.6) is 0 Å². The summed E-state index contributed by atoms with van der Waals surface area (Å²) in [5.41, 5.74) is -2.35. The molecule has 0 amide bonds. The quantitative estimate of drug-likeness (QED) is 0.0206. The van der Waals surface area contributed by atoms with E-state index in [0.717, 1.165) is 18.6 Å². The Balaban J connectivity index is 4.84. The minimum Gasteiger partial charge on any atom is -0.460 e. The first-order valence-electron chi connectivity index (χ1n) is 16.8. The molecule has 0 rings (SSSR count). The van der Waals surface area contributed by atoms with Gasteiger partial charge in [-0.25, -0.2) is 9.68 Å². The Bertz CT molecular complexity index is 629. The first-order chi connectivity index (χ1) is 19.7. The van der Waals surface area contributed by atoms with Crippen LogP contribution in [-0.4, -0.2) is 41.8 Å². The molecule has 0 N–H and O–H groups in total. The number of carbonyl (C=O) groups excluding carboxylic acids is 1. The number of hydrogen-bond acceptors (Lipinski definition) is 7. The van der Waals surface area contributed by atoms with Crippen molar-refractivity contribution in [3.8, 4) is 0 Å². The summed E-state index contributed by atoms with van der Waals surface area (Å²) in [4.78, 5) is 24.3. The predicted octanol–water partition coefficient (Wildman–Crippen LogP) is 11.1. The zero-order chi connectivity index (χ0) is 30.8. The Morgan fingerprint density at radius 1 is 0.756 bits per heavy atom. The van der Waals surface area contributed by atoms with Gasteiger partial charge in [0.1, 0.15) is 6.10 Å². The van der Waals surface area contributed by atoms with Gasteiger partial charge in [0.25, 0.3) is 0 Å². The summed E-state index contributed by atoms with van der Waals surface area (Å²) in [7, 11) is -0.636. The van der Waals surface area contributed by atoms with Crippen LogP contribution in [0, 0.1) is 5.41 Å². The fraction of sp³-hybridized carbons (Fsp3) is 0.970. The number of hydrogen-bond donors (Lipinski definition) is 0. The van der Waals surface area contributed by atoms with Crippen molar-refractivity contribution in [2.45, 2.75) is 181 Å². The maximum atomic E-state index is 12.9. The topological polar surface area (TPSA) is 71.1 Å².